The Bertz CT molecular complexity index is 2500. The lowest BCUT2D eigenvalue weighted by Crippen LogP contribution is -2.62. The van der Waals surface area contributed by atoms with E-state index in [-0.39, 0.29) is 49.5 Å². The van der Waals surface area contributed by atoms with Crippen LogP contribution in [-0.4, -0.2) is 130 Å². The Kier molecular flexibility index (Phi) is 23.9. The molecule has 0 saturated carbocycles. The van der Waals surface area contributed by atoms with Crippen LogP contribution in [0.4, 0.5) is 0 Å². The van der Waals surface area contributed by atoms with Crippen molar-refractivity contribution in [3.05, 3.63) is 100 Å². The number of aromatic hydroxyl groups is 1. The summed E-state index contributed by atoms with van der Waals surface area (Å²) in [5.74, 6) is -7.38. The third-order valence-electron chi connectivity index (χ3n) is 11.8. The molecule has 20 nitrogen and oxygen atoms in total. The first-order valence-corrected chi connectivity index (χ1v) is 25.9. The summed E-state index contributed by atoms with van der Waals surface area (Å²) in [6, 6.07) is 12.7. The first-order valence-electron chi connectivity index (χ1n) is 23.8. The number of hydrogen-bond donors (Lipinski definition) is 14. The SMILES string of the molecule is CC(C)[C@H](NC(=O)[C@H](CCCCN)NC(=O)[C@H](Cc1cccs1)NC(=O)[C@H](Cc1ccc(O)cc1)NC(=O)[C@H](CS)NC(=O)[C@@H](N)Cc1ccc2ccccc2c1)C(=O)N[C@@H](CS)C(=O)N[C@H](C(N)=O)[C@@H](C)O. The van der Waals surface area contributed by atoms with Crippen LogP contribution in [0.25, 0.3) is 10.8 Å². The van der Waals surface area contributed by atoms with Crippen molar-refractivity contribution >= 4 is 94.6 Å². The maximum Gasteiger partial charge on any atom is 0.244 e. The van der Waals surface area contributed by atoms with E-state index < -0.39 is 108 Å². The lowest BCUT2D eigenvalue weighted by atomic mass is 10.0. The molecule has 3 aromatic carbocycles. The first-order chi connectivity index (χ1) is 34.7. The van der Waals surface area contributed by atoms with E-state index in [4.69, 9.17) is 17.2 Å². The molecule has 0 aliphatic heterocycles. The molecule has 15 N–H and O–H groups in total. The second-order valence-corrected chi connectivity index (χ2v) is 19.7. The third-order valence-corrected chi connectivity index (χ3v) is 13.4. The molecule has 0 radical (unpaired) electrons. The minimum absolute atomic E-state index is 0.0352. The van der Waals surface area contributed by atoms with Crippen LogP contribution in [0.3, 0.4) is 0 Å². The van der Waals surface area contributed by atoms with Gasteiger partial charge in [0.05, 0.1) is 12.1 Å². The number of hydrogen-bond acceptors (Lipinski definition) is 15. The second-order valence-electron chi connectivity index (χ2n) is 18.0. The third kappa shape index (κ3) is 18.6. The fourth-order valence-electron chi connectivity index (χ4n) is 7.61. The van der Waals surface area contributed by atoms with E-state index in [1.54, 1.807) is 43.5 Å². The number of thiophene rings is 1. The number of nitrogens with one attached hydrogen (secondary N) is 7. The molecule has 8 amide bonds. The van der Waals surface area contributed by atoms with Crippen molar-refractivity contribution < 1.29 is 48.6 Å². The average Bonchev–Trinajstić information content (AvgIpc) is 3.88. The van der Waals surface area contributed by atoms with E-state index in [2.05, 4.69) is 62.5 Å². The minimum atomic E-state index is -1.45. The molecule has 73 heavy (non-hydrogen) atoms. The molecular weight excluding hydrogens is 997 g/mol. The van der Waals surface area contributed by atoms with Gasteiger partial charge >= 0.3 is 0 Å². The molecule has 4 rings (SSSR count). The number of carbonyl (C=O) groups excluding carboxylic acids is 8. The number of benzene rings is 3. The molecule has 0 spiro atoms. The van der Waals surface area contributed by atoms with Crippen LogP contribution in [0.2, 0.25) is 0 Å². The lowest BCUT2D eigenvalue weighted by molar-refractivity contribution is -0.136. The summed E-state index contributed by atoms with van der Waals surface area (Å²) >= 11 is 9.81. The van der Waals surface area contributed by atoms with Gasteiger partial charge in [-0.15, -0.1) is 11.3 Å². The molecule has 0 aliphatic carbocycles. The number of phenolic OH excluding ortho intramolecular Hbond substituents is 1. The van der Waals surface area contributed by atoms with Crippen molar-refractivity contribution in [3.8, 4) is 5.75 Å². The van der Waals surface area contributed by atoms with Gasteiger partial charge in [-0.3, -0.25) is 38.4 Å². The highest BCUT2D eigenvalue weighted by Crippen LogP contribution is 2.18. The standard InChI is InChI=1S/C50H68N10O10S3/c1-27(2)41(50(70)58-40(26-72)49(69)60-42(28(3)61)43(53)63)59-45(65)36(12-6-7-19-51)54-47(67)38(24-34-11-8-20-73-34)56-46(66)37(23-29-14-17-33(62)18-15-29)55-48(68)39(25-71)57-44(64)35(52)22-30-13-16-31-9-4-5-10-32(31)21-30/h4-5,8-11,13-18,20-21,27-28,35-42,61-62,71-72H,6-7,12,19,22-26,51-52H2,1-3H3,(H2,53,63)(H,54,67)(H,55,68)(H,56,66)(H,57,64)(H,58,70)(H,59,65)(H,60,69)/t28-,35+,36+,37+,38+,39+,40+,41+,42+/m1/s1. The van der Waals surface area contributed by atoms with Crippen LogP contribution >= 0.6 is 36.6 Å². The Morgan fingerprint density at radius 3 is 1.66 bits per heavy atom. The van der Waals surface area contributed by atoms with E-state index in [0.29, 0.717) is 23.3 Å². The van der Waals surface area contributed by atoms with Crippen LogP contribution in [0.1, 0.15) is 56.0 Å². The number of thiol groups is 2. The van der Waals surface area contributed by atoms with Gasteiger partial charge in [-0.25, -0.2) is 0 Å². The van der Waals surface area contributed by atoms with Gasteiger partial charge in [-0.05, 0) is 90.5 Å². The van der Waals surface area contributed by atoms with Gasteiger partial charge < -0.3 is 64.6 Å². The molecule has 0 aliphatic rings. The summed E-state index contributed by atoms with van der Waals surface area (Å²) in [6.45, 7) is 4.82. The predicted octanol–water partition coefficient (Wildman–Crippen LogP) is -0.134. The molecule has 23 heteroatoms. The fraction of sp³-hybridized carbons (Fsp3) is 0.440. The van der Waals surface area contributed by atoms with Gasteiger partial charge in [-0.2, -0.15) is 25.3 Å². The summed E-state index contributed by atoms with van der Waals surface area (Å²) in [6.07, 6.45) is -0.406. The summed E-state index contributed by atoms with van der Waals surface area (Å²) in [5.41, 5.74) is 18.7. The molecule has 0 fully saturated rings. The van der Waals surface area contributed by atoms with E-state index in [0.717, 1.165) is 16.3 Å². The number of amides is 8. The molecule has 0 unspecified atom stereocenters. The molecule has 1 heterocycles. The topological polar surface area (TPSA) is 339 Å². The number of aliphatic hydroxyl groups excluding tert-OH is 1. The molecule has 396 valence electrons. The van der Waals surface area contributed by atoms with Crippen LogP contribution in [0, 0.1) is 5.92 Å². The molecule has 0 bridgehead atoms. The largest absolute Gasteiger partial charge is 0.508 e. The van der Waals surface area contributed by atoms with Gasteiger partial charge in [0.15, 0.2) is 0 Å². The van der Waals surface area contributed by atoms with Gasteiger partial charge in [-0.1, -0.05) is 74.5 Å². The summed E-state index contributed by atoms with van der Waals surface area (Å²) in [4.78, 5) is 110. The van der Waals surface area contributed by atoms with Gasteiger partial charge in [0.1, 0.15) is 48.0 Å². The van der Waals surface area contributed by atoms with Gasteiger partial charge in [0.25, 0.3) is 0 Å². The molecule has 4 aromatic rings. The zero-order valence-electron chi connectivity index (χ0n) is 40.9. The molecule has 9 atom stereocenters. The molecular formula is C50H68N10O10S3. The van der Waals surface area contributed by atoms with Crippen LogP contribution in [0.15, 0.2) is 84.2 Å². The average molecular weight is 1070 g/mol. The highest BCUT2D eigenvalue weighted by Gasteiger charge is 2.35. The fourth-order valence-corrected chi connectivity index (χ4v) is 8.87. The monoisotopic (exact) mass is 1060 g/mol. The number of fused-ring (bicyclic) bond motifs is 1. The van der Waals surface area contributed by atoms with Crippen molar-refractivity contribution in [2.24, 2.45) is 23.1 Å². The quantitative estimate of drug-likeness (QED) is 0.0250. The Hall–Kier alpha value is -6.24. The van der Waals surface area contributed by atoms with Crippen LogP contribution in [0.5, 0.6) is 5.75 Å². The molecule has 0 saturated heterocycles. The first kappa shape index (κ1) is 59.3. The normalized spacial score (nSPS) is 15.0. The highest BCUT2D eigenvalue weighted by atomic mass is 32.1. The van der Waals surface area contributed by atoms with E-state index in [1.165, 1.54) is 30.4 Å². The number of aliphatic hydroxyl groups is 1. The number of primary amides is 1. The Morgan fingerprint density at radius 2 is 1.10 bits per heavy atom. The number of nitrogens with two attached hydrogens (primary N) is 3. The smallest absolute Gasteiger partial charge is 0.244 e. The number of phenols is 1. The van der Waals surface area contributed by atoms with Gasteiger partial charge in [0, 0.05) is 29.2 Å². The number of unbranched alkanes of at least 4 members (excludes halogenated alkanes) is 1. The van der Waals surface area contributed by atoms with E-state index >= 15 is 0 Å². The minimum Gasteiger partial charge on any atom is -0.508 e. The summed E-state index contributed by atoms with van der Waals surface area (Å²) < 4.78 is 0. The summed E-state index contributed by atoms with van der Waals surface area (Å²) in [5, 5.41) is 42.0. The van der Waals surface area contributed by atoms with Crippen molar-refractivity contribution in [2.75, 3.05) is 18.1 Å². The zero-order valence-corrected chi connectivity index (χ0v) is 43.5. The maximum absolute atomic E-state index is 14.5. The number of carbonyl (C=O) groups is 8. The summed E-state index contributed by atoms with van der Waals surface area (Å²) in [7, 11) is 0. The predicted molar refractivity (Wildman–Crippen MR) is 285 cm³/mol. The van der Waals surface area contributed by atoms with Crippen molar-refractivity contribution in [3.63, 3.8) is 0 Å². The highest BCUT2D eigenvalue weighted by molar-refractivity contribution is 7.80. The van der Waals surface area contributed by atoms with Crippen LogP contribution in [-0.2, 0) is 57.6 Å². The lowest BCUT2D eigenvalue weighted by Gasteiger charge is -2.29. The number of rotatable bonds is 29. The Balaban J connectivity index is 1.54. The van der Waals surface area contributed by atoms with E-state index in [1.807, 2.05) is 42.5 Å². The molecule has 1 aromatic heterocycles. The van der Waals surface area contributed by atoms with Crippen molar-refractivity contribution in [1.29, 1.82) is 0 Å². The van der Waals surface area contributed by atoms with Crippen LogP contribution < -0.4 is 54.4 Å². The van der Waals surface area contributed by atoms with Crippen molar-refractivity contribution in [2.45, 2.75) is 114 Å². The van der Waals surface area contributed by atoms with E-state index in [9.17, 15) is 48.6 Å². The second kappa shape index (κ2) is 29.5. The Morgan fingerprint density at radius 1 is 0.575 bits per heavy atom. The Labute approximate surface area is 439 Å². The maximum atomic E-state index is 14.5. The van der Waals surface area contributed by atoms with Gasteiger partial charge in [0.2, 0.25) is 47.3 Å². The van der Waals surface area contributed by atoms with Crippen molar-refractivity contribution in [1.82, 2.24) is 37.2 Å². The zero-order chi connectivity index (χ0) is 53.8.